The number of esters is 1. The standard InChI is InChI=1S/C11H16FNO4S/c12-18(15,16)6-9-11(5-10(14)17-9)3-7-1-2-8(4-11)13-7/h7-9,13H,1-6H2. The summed E-state index contributed by atoms with van der Waals surface area (Å²) < 4.78 is 39.6. The van der Waals surface area contributed by atoms with E-state index in [4.69, 9.17) is 4.74 Å². The van der Waals surface area contributed by atoms with Crippen LogP contribution in [0.15, 0.2) is 0 Å². The molecular formula is C11H16FNO4S. The van der Waals surface area contributed by atoms with Gasteiger partial charge >= 0.3 is 16.2 Å². The molecule has 0 aromatic carbocycles. The molecule has 3 fully saturated rings. The largest absolute Gasteiger partial charge is 0.461 e. The summed E-state index contributed by atoms with van der Waals surface area (Å²) in [6.45, 7) is 0. The fourth-order valence-corrected chi connectivity index (χ4v) is 4.60. The van der Waals surface area contributed by atoms with Gasteiger partial charge in [-0.25, -0.2) is 0 Å². The van der Waals surface area contributed by atoms with Gasteiger partial charge in [0.15, 0.2) is 0 Å². The fourth-order valence-electron chi connectivity index (χ4n) is 3.81. The van der Waals surface area contributed by atoms with Gasteiger partial charge in [-0.2, -0.15) is 8.42 Å². The molecule has 3 unspecified atom stereocenters. The lowest BCUT2D eigenvalue weighted by Gasteiger charge is -2.39. The van der Waals surface area contributed by atoms with Gasteiger partial charge in [-0.3, -0.25) is 4.79 Å². The number of cyclic esters (lactones) is 1. The number of hydrogen-bond acceptors (Lipinski definition) is 5. The second-order valence-corrected chi connectivity index (χ2v) is 7.18. The number of nitrogens with one attached hydrogen (secondary N) is 1. The summed E-state index contributed by atoms with van der Waals surface area (Å²) >= 11 is 0. The Morgan fingerprint density at radius 2 is 1.94 bits per heavy atom. The molecule has 5 nitrogen and oxygen atoms in total. The molecule has 1 spiro atoms. The molecule has 18 heavy (non-hydrogen) atoms. The van der Waals surface area contributed by atoms with Gasteiger partial charge in [0.1, 0.15) is 11.9 Å². The monoisotopic (exact) mass is 277 g/mol. The summed E-state index contributed by atoms with van der Waals surface area (Å²) in [4.78, 5) is 11.5. The van der Waals surface area contributed by atoms with Crippen LogP contribution in [0, 0.1) is 5.41 Å². The maximum absolute atomic E-state index is 12.9. The van der Waals surface area contributed by atoms with Crippen molar-refractivity contribution >= 4 is 16.2 Å². The SMILES string of the molecule is O=C1CC2(CC3CCC(C2)N3)C(CS(=O)(=O)F)O1. The van der Waals surface area contributed by atoms with Crippen molar-refractivity contribution in [1.82, 2.24) is 5.32 Å². The molecular weight excluding hydrogens is 261 g/mol. The Morgan fingerprint density at radius 3 is 2.50 bits per heavy atom. The first-order valence-corrected chi connectivity index (χ1v) is 7.79. The van der Waals surface area contributed by atoms with E-state index in [-0.39, 0.29) is 6.42 Å². The molecule has 7 heteroatoms. The molecule has 0 amide bonds. The minimum atomic E-state index is -4.62. The first kappa shape index (κ1) is 12.3. The van der Waals surface area contributed by atoms with Crippen LogP contribution in [0.3, 0.4) is 0 Å². The van der Waals surface area contributed by atoms with Crippen LogP contribution in [0.1, 0.15) is 32.1 Å². The van der Waals surface area contributed by atoms with Crippen molar-refractivity contribution in [3.05, 3.63) is 0 Å². The fraction of sp³-hybridized carbons (Fsp3) is 0.909. The Morgan fingerprint density at radius 1 is 1.33 bits per heavy atom. The summed E-state index contributed by atoms with van der Waals surface area (Å²) in [6.07, 6.45) is 2.89. The average Bonchev–Trinajstić information content (AvgIpc) is 2.67. The molecule has 102 valence electrons. The number of halogens is 1. The zero-order valence-electron chi connectivity index (χ0n) is 9.89. The maximum Gasteiger partial charge on any atom is 0.306 e. The van der Waals surface area contributed by atoms with Crippen LogP contribution in [0.4, 0.5) is 3.89 Å². The number of hydrogen-bond donors (Lipinski definition) is 1. The second kappa shape index (κ2) is 3.90. The van der Waals surface area contributed by atoms with Crippen molar-refractivity contribution in [3.63, 3.8) is 0 Å². The molecule has 3 saturated heterocycles. The van der Waals surface area contributed by atoms with Gasteiger partial charge in [-0.1, -0.05) is 0 Å². The van der Waals surface area contributed by atoms with Gasteiger partial charge in [0.05, 0.1) is 6.42 Å². The van der Waals surface area contributed by atoms with E-state index in [1.807, 2.05) is 0 Å². The third kappa shape index (κ3) is 2.14. The molecule has 0 saturated carbocycles. The first-order chi connectivity index (χ1) is 8.36. The van der Waals surface area contributed by atoms with Crippen molar-refractivity contribution in [3.8, 4) is 0 Å². The van der Waals surface area contributed by atoms with Crippen LogP contribution in [0.5, 0.6) is 0 Å². The van der Waals surface area contributed by atoms with Crippen LogP contribution in [-0.4, -0.2) is 38.3 Å². The van der Waals surface area contributed by atoms with Crippen LogP contribution in [0.2, 0.25) is 0 Å². The van der Waals surface area contributed by atoms with Crippen LogP contribution < -0.4 is 5.32 Å². The molecule has 3 aliphatic heterocycles. The average molecular weight is 277 g/mol. The minimum Gasteiger partial charge on any atom is -0.461 e. The summed E-state index contributed by atoms with van der Waals surface area (Å²) in [7, 11) is -4.62. The lowest BCUT2D eigenvalue weighted by atomic mass is 9.71. The predicted molar refractivity (Wildman–Crippen MR) is 61.0 cm³/mol. The van der Waals surface area contributed by atoms with E-state index in [9.17, 15) is 17.1 Å². The van der Waals surface area contributed by atoms with Gasteiger partial charge in [-0.05, 0) is 25.7 Å². The number of rotatable bonds is 2. The van der Waals surface area contributed by atoms with E-state index in [1.165, 1.54) is 0 Å². The van der Waals surface area contributed by atoms with Gasteiger partial charge in [0.25, 0.3) is 0 Å². The Kier molecular flexibility index (Phi) is 2.68. The third-order valence-electron chi connectivity index (χ3n) is 4.44. The molecule has 3 rings (SSSR count). The molecule has 3 atom stereocenters. The zero-order valence-corrected chi connectivity index (χ0v) is 10.7. The van der Waals surface area contributed by atoms with Crippen molar-refractivity contribution < 1.29 is 21.8 Å². The highest BCUT2D eigenvalue weighted by Crippen LogP contribution is 2.50. The zero-order chi connectivity index (χ0) is 13.0. The number of carbonyl (C=O) groups excluding carboxylic acids is 1. The Bertz CT molecular complexity index is 465. The highest BCUT2D eigenvalue weighted by atomic mass is 32.3. The quantitative estimate of drug-likeness (QED) is 0.588. The van der Waals surface area contributed by atoms with Crippen molar-refractivity contribution in [2.45, 2.75) is 50.3 Å². The van der Waals surface area contributed by atoms with E-state index in [2.05, 4.69) is 5.32 Å². The molecule has 0 aromatic heterocycles. The van der Waals surface area contributed by atoms with Crippen LogP contribution >= 0.6 is 0 Å². The second-order valence-electron chi connectivity index (χ2n) is 5.77. The highest BCUT2D eigenvalue weighted by molar-refractivity contribution is 7.86. The number of piperidine rings is 1. The van der Waals surface area contributed by atoms with E-state index in [0.717, 1.165) is 12.8 Å². The Balaban J connectivity index is 1.86. The Labute approximate surface area is 105 Å². The maximum atomic E-state index is 12.9. The number of fused-ring (bicyclic) bond motifs is 2. The van der Waals surface area contributed by atoms with Gasteiger partial charge in [0, 0.05) is 17.5 Å². The molecule has 0 aliphatic carbocycles. The summed E-state index contributed by atoms with van der Waals surface area (Å²) in [5, 5.41) is 3.43. The van der Waals surface area contributed by atoms with E-state index in [1.54, 1.807) is 0 Å². The smallest absolute Gasteiger partial charge is 0.306 e. The van der Waals surface area contributed by atoms with E-state index < -0.39 is 33.5 Å². The highest BCUT2D eigenvalue weighted by Gasteiger charge is 2.55. The lowest BCUT2D eigenvalue weighted by Crippen LogP contribution is -2.49. The topological polar surface area (TPSA) is 72.5 Å². The normalized spacial score (nSPS) is 43.4. The van der Waals surface area contributed by atoms with E-state index >= 15 is 0 Å². The van der Waals surface area contributed by atoms with Crippen molar-refractivity contribution in [1.29, 1.82) is 0 Å². The van der Waals surface area contributed by atoms with Gasteiger partial charge in [-0.15, -0.1) is 3.89 Å². The summed E-state index contributed by atoms with van der Waals surface area (Å²) in [5.74, 6) is -1.09. The van der Waals surface area contributed by atoms with Crippen LogP contribution in [-0.2, 0) is 19.8 Å². The summed E-state index contributed by atoms with van der Waals surface area (Å²) in [5.41, 5.74) is -0.479. The molecule has 1 N–H and O–H groups in total. The molecule has 0 radical (unpaired) electrons. The van der Waals surface area contributed by atoms with Gasteiger partial charge in [0.2, 0.25) is 0 Å². The number of ether oxygens (including phenoxy) is 1. The van der Waals surface area contributed by atoms with Crippen molar-refractivity contribution in [2.24, 2.45) is 5.41 Å². The first-order valence-electron chi connectivity index (χ1n) is 6.24. The molecule has 3 heterocycles. The van der Waals surface area contributed by atoms with Crippen LogP contribution in [0.25, 0.3) is 0 Å². The number of carbonyl (C=O) groups is 1. The lowest BCUT2D eigenvalue weighted by molar-refractivity contribution is -0.141. The molecule has 0 aromatic rings. The Hall–Kier alpha value is -0.690. The molecule has 2 bridgehead atoms. The van der Waals surface area contributed by atoms with Gasteiger partial charge < -0.3 is 10.1 Å². The van der Waals surface area contributed by atoms with Crippen molar-refractivity contribution in [2.75, 3.05) is 5.75 Å². The van der Waals surface area contributed by atoms with E-state index in [0.29, 0.717) is 24.9 Å². The predicted octanol–water partition coefficient (Wildman–Crippen LogP) is 0.502. The third-order valence-corrected chi connectivity index (χ3v) is 5.15. The molecule has 3 aliphatic rings. The summed E-state index contributed by atoms with van der Waals surface area (Å²) in [6, 6.07) is 0.617. The minimum absolute atomic E-state index is 0.224.